The van der Waals surface area contributed by atoms with Crippen LogP contribution >= 0.6 is 0 Å². The van der Waals surface area contributed by atoms with Crippen molar-refractivity contribution in [3.05, 3.63) is 46.1 Å². The minimum absolute atomic E-state index is 0.0164. The lowest BCUT2D eigenvalue weighted by molar-refractivity contribution is -0.384. The molecule has 6 nitrogen and oxygen atoms in total. The van der Waals surface area contributed by atoms with E-state index in [0.717, 1.165) is 5.56 Å². The molecule has 0 unspecified atom stereocenters. The normalized spacial score (nSPS) is 10.3. The summed E-state index contributed by atoms with van der Waals surface area (Å²) in [6.07, 6.45) is 1.58. The van der Waals surface area contributed by atoms with E-state index in [0.29, 0.717) is 11.5 Å². The van der Waals surface area contributed by atoms with E-state index in [1.807, 2.05) is 0 Å². The van der Waals surface area contributed by atoms with Gasteiger partial charge in [0.25, 0.3) is 5.69 Å². The molecule has 0 radical (unpaired) electrons. The lowest BCUT2D eigenvalue weighted by atomic mass is 10.2. The minimum Gasteiger partial charge on any atom is -0.383 e. The number of hydrogen-bond acceptors (Lipinski definition) is 4. The maximum absolute atomic E-state index is 10.8. The second-order valence-electron chi connectivity index (χ2n) is 3.37. The Bertz CT molecular complexity index is 548. The van der Waals surface area contributed by atoms with E-state index in [1.165, 1.54) is 10.7 Å². The van der Waals surface area contributed by atoms with Gasteiger partial charge in [0, 0.05) is 11.6 Å². The predicted octanol–water partition coefficient (Wildman–Crippen LogP) is 1.67. The Morgan fingerprint density at radius 2 is 2.12 bits per heavy atom. The number of hydrogen-bond donors (Lipinski definition) is 1. The first-order valence-corrected chi connectivity index (χ1v) is 4.65. The van der Waals surface area contributed by atoms with Gasteiger partial charge in [-0.05, 0) is 13.0 Å². The second-order valence-corrected chi connectivity index (χ2v) is 3.37. The Morgan fingerprint density at radius 3 is 2.69 bits per heavy atom. The minimum atomic E-state index is -0.453. The van der Waals surface area contributed by atoms with Crippen molar-refractivity contribution in [2.45, 2.75) is 6.92 Å². The van der Waals surface area contributed by atoms with Gasteiger partial charge in [-0.1, -0.05) is 12.1 Å². The van der Waals surface area contributed by atoms with Crippen molar-refractivity contribution in [2.75, 3.05) is 5.73 Å². The van der Waals surface area contributed by atoms with Crippen LogP contribution in [0.1, 0.15) is 5.56 Å². The fraction of sp³-hybridized carbons (Fsp3) is 0.100. The number of para-hydroxylation sites is 2. The number of rotatable bonds is 2. The molecule has 0 aliphatic rings. The number of nitro groups is 1. The van der Waals surface area contributed by atoms with E-state index in [-0.39, 0.29) is 5.69 Å². The van der Waals surface area contributed by atoms with Gasteiger partial charge in [0.2, 0.25) is 0 Å². The van der Waals surface area contributed by atoms with Crippen molar-refractivity contribution in [3.63, 3.8) is 0 Å². The molecule has 0 aliphatic heterocycles. The Morgan fingerprint density at radius 1 is 1.44 bits per heavy atom. The lowest BCUT2D eigenvalue weighted by Gasteiger charge is -2.04. The van der Waals surface area contributed by atoms with Gasteiger partial charge in [-0.25, -0.2) is 4.68 Å². The van der Waals surface area contributed by atoms with Crippen LogP contribution in [0.15, 0.2) is 30.5 Å². The maximum atomic E-state index is 10.8. The third-order valence-corrected chi connectivity index (χ3v) is 2.31. The number of nitrogens with two attached hydrogens (primary N) is 1. The van der Waals surface area contributed by atoms with Crippen LogP contribution in [0.5, 0.6) is 0 Å². The smallest absolute Gasteiger partial charge is 0.294 e. The summed E-state index contributed by atoms with van der Waals surface area (Å²) in [5.41, 5.74) is 6.93. The van der Waals surface area contributed by atoms with Crippen LogP contribution < -0.4 is 5.73 Å². The molecule has 6 heteroatoms. The quantitative estimate of drug-likeness (QED) is 0.613. The van der Waals surface area contributed by atoms with Crippen LogP contribution in [-0.4, -0.2) is 14.7 Å². The van der Waals surface area contributed by atoms with Crippen molar-refractivity contribution in [3.8, 4) is 5.69 Å². The number of nitrogen functional groups attached to an aromatic ring is 1. The molecule has 2 rings (SSSR count). The molecule has 82 valence electrons. The zero-order valence-corrected chi connectivity index (χ0v) is 8.62. The van der Waals surface area contributed by atoms with Gasteiger partial charge >= 0.3 is 0 Å². The molecule has 1 aromatic heterocycles. The van der Waals surface area contributed by atoms with Crippen LogP contribution in [-0.2, 0) is 0 Å². The van der Waals surface area contributed by atoms with E-state index >= 15 is 0 Å². The number of benzene rings is 1. The molecule has 0 atom stereocenters. The fourth-order valence-corrected chi connectivity index (χ4v) is 1.43. The summed E-state index contributed by atoms with van der Waals surface area (Å²) in [5, 5.41) is 14.9. The zero-order chi connectivity index (χ0) is 11.7. The second kappa shape index (κ2) is 3.65. The maximum Gasteiger partial charge on any atom is 0.294 e. The van der Waals surface area contributed by atoms with Crippen LogP contribution in [0.4, 0.5) is 11.5 Å². The number of anilines is 1. The molecule has 2 aromatic rings. The Labute approximate surface area is 91.5 Å². The summed E-state index contributed by atoms with van der Waals surface area (Å²) in [6.45, 7) is 1.80. The van der Waals surface area contributed by atoms with Crippen LogP contribution in [0, 0.1) is 17.0 Å². The summed E-state index contributed by atoms with van der Waals surface area (Å²) < 4.78 is 1.37. The molecule has 0 spiro atoms. The van der Waals surface area contributed by atoms with Gasteiger partial charge in [0.1, 0.15) is 11.5 Å². The van der Waals surface area contributed by atoms with E-state index in [9.17, 15) is 10.1 Å². The molecule has 0 aliphatic carbocycles. The number of nitro benzene ring substituents is 1. The van der Waals surface area contributed by atoms with Gasteiger partial charge in [0.15, 0.2) is 0 Å². The average Bonchev–Trinajstić information content (AvgIpc) is 2.60. The predicted molar refractivity (Wildman–Crippen MR) is 59.4 cm³/mol. The third-order valence-electron chi connectivity index (χ3n) is 2.31. The summed E-state index contributed by atoms with van der Waals surface area (Å²) >= 11 is 0. The number of aryl methyl sites for hydroxylation is 1. The average molecular weight is 218 g/mol. The Kier molecular flexibility index (Phi) is 2.32. The molecule has 0 saturated carbocycles. The SMILES string of the molecule is Cc1cnn(-c2ccccc2[N+](=O)[O-])c1N. The highest BCUT2D eigenvalue weighted by Crippen LogP contribution is 2.24. The standard InChI is InChI=1S/C10H10N4O2/c1-7-6-12-13(10(7)11)8-4-2-3-5-9(8)14(15)16/h2-6H,11H2,1H3. The molecule has 16 heavy (non-hydrogen) atoms. The fourth-order valence-electron chi connectivity index (χ4n) is 1.43. The lowest BCUT2D eigenvalue weighted by Crippen LogP contribution is -2.05. The van der Waals surface area contributed by atoms with Crippen molar-refractivity contribution < 1.29 is 4.92 Å². The van der Waals surface area contributed by atoms with Crippen molar-refractivity contribution in [1.82, 2.24) is 9.78 Å². The first-order chi connectivity index (χ1) is 7.61. The molecule has 0 amide bonds. The van der Waals surface area contributed by atoms with E-state index in [4.69, 9.17) is 5.73 Å². The van der Waals surface area contributed by atoms with Crippen LogP contribution in [0.3, 0.4) is 0 Å². The Balaban J connectivity index is 2.64. The molecule has 0 saturated heterocycles. The molecule has 1 aromatic carbocycles. The Hall–Kier alpha value is -2.37. The van der Waals surface area contributed by atoms with E-state index < -0.39 is 4.92 Å². The van der Waals surface area contributed by atoms with Gasteiger partial charge in [-0.15, -0.1) is 0 Å². The van der Waals surface area contributed by atoms with Crippen molar-refractivity contribution in [2.24, 2.45) is 0 Å². The summed E-state index contributed by atoms with van der Waals surface area (Å²) in [4.78, 5) is 10.4. The molecule has 0 fully saturated rings. The number of aromatic nitrogens is 2. The highest BCUT2D eigenvalue weighted by molar-refractivity contribution is 5.56. The molecule has 0 bridgehead atoms. The third kappa shape index (κ3) is 1.50. The van der Waals surface area contributed by atoms with Gasteiger partial charge in [-0.3, -0.25) is 10.1 Å². The summed E-state index contributed by atoms with van der Waals surface area (Å²) in [5.74, 6) is 0.411. The molecule has 1 heterocycles. The monoisotopic (exact) mass is 218 g/mol. The highest BCUT2D eigenvalue weighted by atomic mass is 16.6. The zero-order valence-electron chi connectivity index (χ0n) is 8.62. The van der Waals surface area contributed by atoms with E-state index in [2.05, 4.69) is 5.10 Å². The number of nitrogens with zero attached hydrogens (tertiary/aromatic N) is 3. The van der Waals surface area contributed by atoms with Crippen LogP contribution in [0.2, 0.25) is 0 Å². The summed E-state index contributed by atoms with van der Waals surface area (Å²) in [7, 11) is 0. The van der Waals surface area contributed by atoms with Crippen LogP contribution in [0.25, 0.3) is 5.69 Å². The largest absolute Gasteiger partial charge is 0.383 e. The molecular weight excluding hydrogens is 208 g/mol. The highest BCUT2D eigenvalue weighted by Gasteiger charge is 2.16. The van der Waals surface area contributed by atoms with Gasteiger partial charge < -0.3 is 5.73 Å². The van der Waals surface area contributed by atoms with Crippen molar-refractivity contribution >= 4 is 11.5 Å². The molecular formula is C10H10N4O2. The first-order valence-electron chi connectivity index (χ1n) is 4.65. The van der Waals surface area contributed by atoms with E-state index in [1.54, 1.807) is 31.3 Å². The first kappa shape index (κ1) is 10.2. The molecule has 2 N–H and O–H groups in total. The van der Waals surface area contributed by atoms with Crippen molar-refractivity contribution in [1.29, 1.82) is 0 Å². The van der Waals surface area contributed by atoms with Gasteiger partial charge in [-0.2, -0.15) is 5.10 Å². The summed E-state index contributed by atoms with van der Waals surface area (Å²) in [6, 6.07) is 6.35. The topological polar surface area (TPSA) is 87.0 Å². The van der Waals surface area contributed by atoms with Gasteiger partial charge in [0.05, 0.1) is 11.1 Å².